The van der Waals surface area contributed by atoms with E-state index in [9.17, 15) is 0 Å². The Hall–Kier alpha value is -1.52. The predicted molar refractivity (Wildman–Crippen MR) is 94.2 cm³/mol. The first kappa shape index (κ1) is 18.5. The lowest BCUT2D eigenvalue weighted by Gasteiger charge is -2.17. The lowest BCUT2D eigenvalue weighted by atomic mass is 10.1. The molecule has 0 fully saturated rings. The van der Waals surface area contributed by atoms with Crippen molar-refractivity contribution in [2.24, 2.45) is 4.99 Å². The highest BCUT2D eigenvalue weighted by molar-refractivity contribution is 5.79. The fourth-order valence-corrected chi connectivity index (χ4v) is 2.36. The Morgan fingerprint density at radius 1 is 1.23 bits per heavy atom. The zero-order valence-corrected chi connectivity index (χ0v) is 14.5. The van der Waals surface area contributed by atoms with Gasteiger partial charge in [-0.05, 0) is 32.8 Å². The van der Waals surface area contributed by atoms with Crippen LogP contribution in [0.5, 0.6) is 0 Å². The average Bonchev–Trinajstić information content (AvgIpc) is 3.01. The van der Waals surface area contributed by atoms with Crippen LogP contribution in [0.2, 0.25) is 0 Å². The van der Waals surface area contributed by atoms with Gasteiger partial charge in [-0.15, -0.1) is 0 Å². The maximum Gasteiger partial charge on any atom is 0.191 e. The van der Waals surface area contributed by atoms with Crippen LogP contribution in [0.4, 0.5) is 0 Å². The van der Waals surface area contributed by atoms with Crippen molar-refractivity contribution < 1.29 is 0 Å². The van der Waals surface area contributed by atoms with Crippen molar-refractivity contribution in [1.82, 2.24) is 20.4 Å². The summed E-state index contributed by atoms with van der Waals surface area (Å²) in [6.45, 7) is 9.23. The summed E-state index contributed by atoms with van der Waals surface area (Å²) in [6.07, 6.45) is 11.3. The summed E-state index contributed by atoms with van der Waals surface area (Å²) in [5, 5.41) is 11.0. The molecule has 1 aromatic rings. The summed E-state index contributed by atoms with van der Waals surface area (Å²) in [5.41, 5.74) is 0. The van der Waals surface area contributed by atoms with Crippen molar-refractivity contribution in [3.63, 3.8) is 0 Å². The van der Waals surface area contributed by atoms with Crippen LogP contribution in [0.25, 0.3) is 0 Å². The van der Waals surface area contributed by atoms with Crippen molar-refractivity contribution in [2.45, 2.75) is 71.9 Å². The lowest BCUT2D eigenvalue weighted by Crippen LogP contribution is -2.42. The quantitative estimate of drug-likeness (QED) is 0.375. The summed E-state index contributed by atoms with van der Waals surface area (Å²) in [5.74, 6) is 0.936. The summed E-state index contributed by atoms with van der Waals surface area (Å²) >= 11 is 0. The number of aryl methyl sites for hydroxylation is 1. The molecular formula is C17H33N5. The van der Waals surface area contributed by atoms with E-state index in [0.717, 1.165) is 32.0 Å². The summed E-state index contributed by atoms with van der Waals surface area (Å²) in [4.78, 5) is 4.65. The highest BCUT2D eigenvalue weighted by Gasteiger charge is 2.04. The average molecular weight is 307 g/mol. The second kappa shape index (κ2) is 12.1. The van der Waals surface area contributed by atoms with E-state index in [4.69, 9.17) is 0 Å². The first-order valence-corrected chi connectivity index (χ1v) is 8.78. The maximum absolute atomic E-state index is 4.65. The Bertz CT molecular complexity index is 386. The molecule has 0 spiro atoms. The third-order valence-corrected chi connectivity index (χ3v) is 3.59. The molecule has 0 saturated carbocycles. The summed E-state index contributed by atoms with van der Waals surface area (Å²) in [7, 11) is 0. The number of nitrogens with zero attached hydrogens (tertiary/aromatic N) is 3. The minimum atomic E-state index is 0.473. The Morgan fingerprint density at radius 3 is 2.77 bits per heavy atom. The van der Waals surface area contributed by atoms with Crippen LogP contribution in [0, 0.1) is 0 Å². The van der Waals surface area contributed by atoms with E-state index in [2.05, 4.69) is 41.5 Å². The number of guanidine groups is 1. The van der Waals surface area contributed by atoms with Gasteiger partial charge >= 0.3 is 0 Å². The molecule has 0 bridgehead atoms. The van der Waals surface area contributed by atoms with E-state index in [1.54, 1.807) is 0 Å². The first-order valence-electron chi connectivity index (χ1n) is 8.78. The van der Waals surface area contributed by atoms with Gasteiger partial charge in [-0.2, -0.15) is 5.10 Å². The molecule has 1 atom stereocenters. The smallest absolute Gasteiger partial charge is 0.191 e. The minimum absolute atomic E-state index is 0.473. The van der Waals surface area contributed by atoms with Crippen molar-refractivity contribution in [3.8, 4) is 0 Å². The number of hydrogen-bond acceptors (Lipinski definition) is 2. The van der Waals surface area contributed by atoms with Gasteiger partial charge in [0.05, 0.1) is 0 Å². The zero-order chi connectivity index (χ0) is 16.0. The van der Waals surface area contributed by atoms with E-state index in [0.29, 0.717) is 6.04 Å². The van der Waals surface area contributed by atoms with E-state index < -0.39 is 0 Å². The van der Waals surface area contributed by atoms with Crippen molar-refractivity contribution in [2.75, 3.05) is 13.1 Å². The highest BCUT2D eigenvalue weighted by Crippen LogP contribution is 2.05. The summed E-state index contributed by atoms with van der Waals surface area (Å²) in [6, 6.07) is 2.43. The summed E-state index contributed by atoms with van der Waals surface area (Å²) < 4.78 is 1.95. The van der Waals surface area contributed by atoms with Crippen LogP contribution in [0.1, 0.15) is 59.3 Å². The third kappa shape index (κ3) is 8.70. The second-order valence-corrected chi connectivity index (χ2v) is 5.78. The second-order valence-electron chi connectivity index (χ2n) is 5.78. The highest BCUT2D eigenvalue weighted by atomic mass is 15.3. The fourth-order valence-electron chi connectivity index (χ4n) is 2.36. The molecule has 126 valence electrons. The van der Waals surface area contributed by atoms with Gasteiger partial charge in [0.15, 0.2) is 5.96 Å². The van der Waals surface area contributed by atoms with Crippen LogP contribution in [0.3, 0.4) is 0 Å². The molecule has 1 unspecified atom stereocenters. The van der Waals surface area contributed by atoms with Gasteiger partial charge < -0.3 is 10.6 Å². The lowest BCUT2D eigenvalue weighted by molar-refractivity contribution is 0.535. The van der Waals surface area contributed by atoms with Crippen LogP contribution in [-0.2, 0) is 6.54 Å². The number of nitrogens with one attached hydrogen (secondary N) is 2. The van der Waals surface area contributed by atoms with Gasteiger partial charge in [-0.3, -0.25) is 9.67 Å². The van der Waals surface area contributed by atoms with Crippen molar-refractivity contribution >= 4 is 5.96 Å². The minimum Gasteiger partial charge on any atom is -0.357 e. The number of aromatic nitrogens is 2. The Labute approximate surface area is 135 Å². The van der Waals surface area contributed by atoms with Crippen LogP contribution >= 0.6 is 0 Å². The monoisotopic (exact) mass is 307 g/mol. The maximum atomic E-state index is 4.65. The van der Waals surface area contributed by atoms with Gasteiger partial charge in [0.1, 0.15) is 0 Å². The van der Waals surface area contributed by atoms with Crippen LogP contribution in [0.15, 0.2) is 23.5 Å². The molecule has 0 aliphatic rings. The third-order valence-electron chi connectivity index (χ3n) is 3.59. The Kier molecular flexibility index (Phi) is 10.2. The normalized spacial score (nSPS) is 13.1. The largest absolute Gasteiger partial charge is 0.357 e. The molecule has 5 heteroatoms. The zero-order valence-electron chi connectivity index (χ0n) is 14.5. The number of hydrogen-bond donors (Lipinski definition) is 2. The molecule has 2 N–H and O–H groups in total. The molecule has 1 rings (SSSR count). The number of unbranched alkanes of at least 4 members (excludes halogenated alkanes) is 3. The van der Waals surface area contributed by atoms with Gasteiger partial charge in [-0.25, -0.2) is 0 Å². The molecule has 1 heterocycles. The van der Waals surface area contributed by atoms with E-state index in [1.807, 2.05) is 23.1 Å². The molecule has 0 aliphatic heterocycles. The van der Waals surface area contributed by atoms with E-state index >= 15 is 0 Å². The molecule has 1 aromatic heterocycles. The van der Waals surface area contributed by atoms with E-state index in [-0.39, 0.29) is 0 Å². The molecule has 0 saturated heterocycles. The molecule has 5 nitrogen and oxygen atoms in total. The predicted octanol–water partition coefficient (Wildman–Crippen LogP) is 3.19. The van der Waals surface area contributed by atoms with Crippen molar-refractivity contribution in [1.29, 1.82) is 0 Å². The SMILES string of the molecule is CCCCCCC(C)NC(=NCCCn1cccn1)NCC. The van der Waals surface area contributed by atoms with Gasteiger partial charge in [0.2, 0.25) is 0 Å². The van der Waals surface area contributed by atoms with Crippen molar-refractivity contribution in [3.05, 3.63) is 18.5 Å². The van der Waals surface area contributed by atoms with E-state index in [1.165, 1.54) is 32.1 Å². The van der Waals surface area contributed by atoms with Crippen LogP contribution < -0.4 is 10.6 Å². The number of rotatable bonds is 11. The number of aliphatic imine (C=N–C) groups is 1. The standard InChI is InChI=1S/C17H33N5/c1-4-6-7-8-11-16(3)21-17(18-5-2)19-12-9-14-22-15-10-13-20-22/h10,13,15-16H,4-9,11-12,14H2,1-3H3,(H2,18,19,21). The first-order chi connectivity index (χ1) is 10.8. The Morgan fingerprint density at radius 2 is 2.09 bits per heavy atom. The van der Waals surface area contributed by atoms with Crippen LogP contribution in [-0.4, -0.2) is 34.9 Å². The van der Waals surface area contributed by atoms with Gasteiger partial charge in [0.25, 0.3) is 0 Å². The van der Waals surface area contributed by atoms with Gasteiger partial charge in [-0.1, -0.05) is 32.6 Å². The fraction of sp³-hybridized carbons (Fsp3) is 0.765. The molecule has 0 aromatic carbocycles. The Balaban J connectivity index is 2.25. The molecule has 0 radical (unpaired) electrons. The molecule has 0 amide bonds. The van der Waals surface area contributed by atoms with Gasteiger partial charge in [0, 0.05) is 38.1 Å². The molecular weight excluding hydrogens is 274 g/mol. The topological polar surface area (TPSA) is 54.2 Å². The molecule has 0 aliphatic carbocycles. The molecule has 22 heavy (non-hydrogen) atoms.